The van der Waals surface area contributed by atoms with Crippen LogP contribution in [0.1, 0.15) is 62.3 Å². The Balaban J connectivity index is 5.77. The molecule has 0 heterocycles. The standard InChI is InChI=1S/C26H56O5S2Si2/c1-19(16-29-34(12,13)25(4,5)6)22(28-18-27-10)21(3)23(31-24(32)33-11)20(2)17-30-35(14,15)26(7,8)9/h19-23H,16-18H2,1-15H3/t19-,20-,21+,22+,23-/m0/s1. The highest BCUT2D eigenvalue weighted by atomic mass is 32.2. The van der Waals surface area contributed by atoms with Crippen LogP contribution in [0.3, 0.4) is 0 Å². The molecular weight excluding hydrogens is 513 g/mol. The molecule has 0 rings (SSSR count). The van der Waals surface area contributed by atoms with Crippen LogP contribution in [0.5, 0.6) is 0 Å². The zero-order chi connectivity index (χ0) is 27.8. The first-order chi connectivity index (χ1) is 15.7. The van der Waals surface area contributed by atoms with Crippen LogP contribution in [-0.4, -0.2) is 66.6 Å². The largest absolute Gasteiger partial charge is 0.475 e. The molecule has 0 unspecified atom stereocenters. The van der Waals surface area contributed by atoms with Crippen LogP contribution in [0, 0.1) is 17.8 Å². The van der Waals surface area contributed by atoms with Gasteiger partial charge in [-0.1, -0.05) is 74.1 Å². The van der Waals surface area contributed by atoms with E-state index >= 15 is 0 Å². The SMILES string of the molecule is COCO[C@@H]([C@@H](C)[C@@H](OC(=S)SC)[C@@H](C)CO[Si](C)(C)C(C)(C)C)[C@@H](C)CO[Si](C)(C)C(C)(C)C. The summed E-state index contributed by atoms with van der Waals surface area (Å²) in [5.74, 6) is 0.370. The van der Waals surface area contributed by atoms with Gasteiger partial charge in [-0.15, -0.1) is 0 Å². The molecule has 0 aliphatic heterocycles. The van der Waals surface area contributed by atoms with Crippen molar-refractivity contribution in [3.8, 4) is 0 Å². The Bertz CT molecular complexity index is 632. The van der Waals surface area contributed by atoms with Crippen molar-refractivity contribution >= 4 is 45.0 Å². The average molecular weight is 569 g/mol. The van der Waals surface area contributed by atoms with E-state index in [2.05, 4.69) is 88.5 Å². The summed E-state index contributed by atoms with van der Waals surface area (Å²) in [6.45, 7) is 30.8. The predicted molar refractivity (Wildman–Crippen MR) is 162 cm³/mol. The maximum absolute atomic E-state index is 6.58. The second-order valence-corrected chi connectivity index (χ2v) is 24.1. The summed E-state index contributed by atoms with van der Waals surface area (Å²) in [6.07, 6.45) is 1.71. The van der Waals surface area contributed by atoms with Gasteiger partial charge in [0, 0.05) is 38.1 Å². The minimum atomic E-state index is -1.88. The molecule has 0 amide bonds. The van der Waals surface area contributed by atoms with Crippen LogP contribution in [0.25, 0.3) is 0 Å². The van der Waals surface area contributed by atoms with Crippen molar-refractivity contribution in [3.05, 3.63) is 0 Å². The summed E-state index contributed by atoms with van der Waals surface area (Å²) >= 11 is 6.95. The molecule has 210 valence electrons. The van der Waals surface area contributed by atoms with Crippen molar-refractivity contribution in [1.82, 2.24) is 0 Å². The van der Waals surface area contributed by atoms with Gasteiger partial charge in [0.1, 0.15) is 12.9 Å². The van der Waals surface area contributed by atoms with Gasteiger partial charge in [-0.2, -0.15) is 0 Å². The Morgan fingerprint density at radius 3 is 1.54 bits per heavy atom. The molecular formula is C26H56O5S2Si2. The van der Waals surface area contributed by atoms with Gasteiger partial charge >= 0.3 is 0 Å². The molecule has 9 heteroatoms. The van der Waals surface area contributed by atoms with E-state index in [1.807, 2.05) is 6.26 Å². The average Bonchev–Trinajstić information content (AvgIpc) is 2.72. The highest BCUT2D eigenvalue weighted by molar-refractivity contribution is 8.22. The quantitative estimate of drug-likeness (QED) is 0.120. The molecule has 0 aliphatic carbocycles. The second kappa shape index (κ2) is 14.6. The molecule has 0 aromatic carbocycles. The van der Waals surface area contributed by atoms with E-state index < -0.39 is 16.6 Å². The van der Waals surface area contributed by atoms with Gasteiger partial charge in [-0.05, 0) is 54.7 Å². The van der Waals surface area contributed by atoms with Crippen LogP contribution < -0.4 is 0 Å². The highest BCUT2D eigenvalue weighted by Crippen LogP contribution is 2.39. The Kier molecular flexibility index (Phi) is 14.8. The maximum Gasteiger partial charge on any atom is 0.219 e. The molecule has 0 radical (unpaired) electrons. The molecule has 0 saturated heterocycles. The van der Waals surface area contributed by atoms with E-state index in [-0.39, 0.29) is 46.8 Å². The number of thioether (sulfide) groups is 1. The van der Waals surface area contributed by atoms with Gasteiger partial charge in [-0.3, -0.25) is 0 Å². The Morgan fingerprint density at radius 2 is 1.20 bits per heavy atom. The Hall–Kier alpha value is 0.514. The van der Waals surface area contributed by atoms with E-state index in [1.54, 1.807) is 7.11 Å². The predicted octanol–water partition coefficient (Wildman–Crippen LogP) is 7.96. The number of hydrogen-bond acceptors (Lipinski definition) is 7. The fraction of sp³-hybridized carbons (Fsp3) is 0.962. The zero-order valence-corrected chi connectivity index (χ0v) is 29.0. The summed E-state index contributed by atoms with van der Waals surface area (Å²) in [4.78, 5) is 0. The van der Waals surface area contributed by atoms with Crippen LogP contribution in [-0.2, 0) is 23.1 Å². The first kappa shape index (κ1) is 35.5. The first-order valence-corrected chi connectivity index (χ1v) is 20.3. The van der Waals surface area contributed by atoms with Gasteiger partial charge < -0.3 is 23.1 Å². The molecule has 0 fully saturated rings. The van der Waals surface area contributed by atoms with Crippen molar-refractivity contribution in [1.29, 1.82) is 0 Å². The van der Waals surface area contributed by atoms with Crippen molar-refractivity contribution in [2.75, 3.05) is 33.4 Å². The molecule has 0 saturated carbocycles. The van der Waals surface area contributed by atoms with Crippen molar-refractivity contribution in [2.24, 2.45) is 17.8 Å². The minimum absolute atomic E-state index is 0.0614. The number of ether oxygens (including phenoxy) is 3. The lowest BCUT2D eigenvalue weighted by molar-refractivity contribution is -0.133. The highest BCUT2D eigenvalue weighted by Gasteiger charge is 2.42. The molecule has 0 spiro atoms. The van der Waals surface area contributed by atoms with Gasteiger partial charge in [-0.25, -0.2) is 0 Å². The normalized spacial score (nSPS) is 18.0. The monoisotopic (exact) mass is 568 g/mol. The smallest absolute Gasteiger partial charge is 0.219 e. The van der Waals surface area contributed by atoms with Gasteiger partial charge in [0.25, 0.3) is 0 Å². The van der Waals surface area contributed by atoms with Crippen molar-refractivity contribution in [2.45, 2.75) is 111 Å². The zero-order valence-electron chi connectivity index (χ0n) is 25.4. The van der Waals surface area contributed by atoms with Gasteiger partial charge in [0.05, 0.1) is 6.10 Å². The number of hydrogen-bond donors (Lipinski definition) is 0. The summed E-state index contributed by atoms with van der Waals surface area (Å²) in [6, 6.07) is 0. The summed E-state index contributed by atoms with van der Waals surface area (Å²) < 4.78 is 31.6. The molecule has 5 atom stereocenters. The molecule has 0 bridgehead atoms. The fourth-order valence-corrected chi connectivity index (χ4v) is 5.91. The lowest BCUT2D eigenvalue weighted by Crippen LogP contribution is -2.47. The van der Waals surface area contributed by atoms with E-state index in [0.717, 1.165) is 0 Å². The Labute approximate surface area is 229 Å². The minimum Gasteiger partial charge on any atom is -0.475 e. The number of methoxy groups -OCH3 is 1. The van der Waals surface area contributed by atoms with Crippen LogP contribution in [0.2, 0.25) is 36.3 Å². The van der Waals surface area contributed by atoms with E-state index in [4.69, 9.17) is 35.3 Å². The molecule has 0 N–H and O–H groups in total. The lowest BCUT2D eigenvalue weighted by atomic mass is 9.84. The topological polar surface area (TPSA) is 46.2 Å². The molecule has 0 aliphatic rings. The second-order valence-electron chi connectivity index (χ2n) is 13.0. The van der Waals surface area contributed by atoms with Crippen LogP contribution in [0.4, 0.5) is 0 Å². The van der Waals surface area contributed by atoms with E-state index in [9.17, 15) is 0 Å². The summed E-state index contributed by atoms with van der Waals surface area (Å²) in [5, 5.41) is 0.315. The van der Waals surface area contributed by atoms with Gasteiger partial charge in [0.2, 0.25) is 4.38 Å². The Morgan fingerprint density at radius 1 is 0.800 bits per heavy atom. The third-order valence-electron chi connectivity index (χ3n) is 7.96. The van der Waals surface area contributed by atoms with E-state index in [0.29, 0.717) is 17.6 Å². The third-order valence-corrected chi connectivity index (χ3v) is 18.0. The summed E-state index contributed by atoms with van der Waals surface area (Å²) in [7, 11) is -2.09. The molecule has 0 aromatic heterocycles. The number of rotatable bonds is 14. The van der Waals surface area contributed by atoms with Crippen molar-refractivity contribution < 1.29 is 23.1 Å². The summed E-state index contributed by atoms with van der Waals surface area (Å²) in [5.41, 5.74) is 0. The third kappa shape index (κ3) is 11.4. The van der Waals surface area contributed by atoms with E-state index in [1.165, 1.54) is 11.8 Å². The fourth-order valence-electron chi connectivity index (χ4n) is 3.37. The van der Waals surface area contributed by atoms with Gasteiger partial charge in [0.15, 0.2) is 16.6 Å². The van der Waals surface area contributed by atoms with Crippen molar-refractivity contribution in [3.63, 3.8) is 0 Å². The molecule has 5 nitrogen and oxygen atoms in total. The first-order valence-electron chi connectivity index (χ1n) is 12.8. The molecule has 0 aromatic rings. The maximum atomic E-state index is 6.58. The van der Waals surface area contributed by atoms with Crippen LogP contribution in [0.15, 0.2) is 0 Å². The van der Waals surface area contributed by atoms with Crippen LogP contribution >= 0.6 is 24.0 Å². The molecule has 35 heavy (non-hydrogen) atoms. The lowest BCUT2D eigenvalue weighted by Gasteiger charge is -2.41. The number of thiocarbonyl (C=S) groups is 1.